The summed E-state index contributed by atoms with van der Waals surface area (Å²) in [6.07, 6.45) is 1.37. The van der Waals surface area contributed by atoms with Crippen LogP contribution in [0.1, 0.15) is 36.1 Å². The van der Waals surface area contributed by atoms with Crippen LogP contribution in [0.5, 0.6) is 17.2 Å². The van der Waals surface area contributed by atoms with Crippen molar-refractivity contribution in [2.24, 2.45) is 0 Å². The molecule has 0 bridgehead atoms. The van der Waals surface area contributed by atoms with Crippen LogP contribution >= 0.6 is 15.9 Å². The van der Waals surface area contributed by atoms with Crippen molar-refractivity contribution >= 4 is 33.4 Å². The highest BCUT2D eigenvalue weighted by atomic mass is 79.9. The van der Waals surface area contributed by atoms with Crippen molar-refractivity contribution in [3.05, 3.63) is 57.1 Å². The SMILES string of the molecule is COc1cc([C@@H]2C(=C(O)c3ccc4c(c3)C[C@@H](C)O4)C(=O)C(=O)N2CCCN(C)C)cc(Br)c1O. The Bertz CT molecular complexity index is 1210. The number of hydrogen-bond donors (Lipinski definition) is 2. The molecule has 2 aromatic carbocycles. The summed E-state index contributed by atoms with van der Waals surface area (Å²) in [4.78, 5) is 29.9. The number of aromatic hydroxyl groups is 1. The second-order valence-corrected chi connectivity index (χ2v) is 10.0. The van der Waals surface area contributed by atoms with Gasteiger partial charge in [0.15, 0.2) is 11.5 Å². The number of carbonyl (C=O) groups is 2. The quantitative estimate of drug-likeness (QED) is 0.310. The number of halogens is 1. The smallest absolute Gasteiger partial charge is 0.295 e. The van der Waals surface area contributed by atoms with Crippen LogP contribution in [-0.4, -0.2) is 72.1 Å². The standard InChI is InChI=1S/C26H29BrN2O6/c1-14-10-16-11-15(6-7-19(16)35-14)23(30)21-22(17-12-18(27)24(31)20(13-17)34-4)29(26(33)25(21)32)9-5-8-28(2)3/h6-7,11-14,22,30-31H,5,8-10H2,1-4H3/t14-,22-/m1/s1. The lowest BCUT2D eigenvalue weighted by Gasteiger charge is -2.26. The third-order valence-electron chi connectivity index (χ3n) is 6.30. The van der Waals surface area contributed by atoms with Gasteiger partial charge in [-0.3, -0.25) is 9.59 Å². The molecule has 1 fully saturated rings. The maximum Gasteiger partial charge on any atom is 0.295 e. The van der Waals surface area contributed by atoms with Gasteiger partial charge in [-0.05, 0) is 91.4 Å². The number of nitrogens with zero attached hydrogens (tertiary/aromatic N) is 2. The van der Waals surface area contributed by atoms with E-state index >= 15 is 0 Å². The number of rotatable bonds is 7. The minimum atomic E-state index is -0.841. The average Bonchev–Trinajstić information content (AvgIpc) is 3.31. The van der Waals surface area contributed by atoms with Crippen molar-refractivity contribution in [2.45, 2.75) is 31.9 Å². The molecule has 9 heteroatoms. The van der Waals surface area contributed by atoms with Gasteiger partial charge in [0.1, 0.15) is 17.6 Å². The number of hydrogen-bond acceptors (Lipinski definition) is 7. The zero-order valence-electron chi connectivity index (χ0n) is 20.2. The summed E-state index contributed by atoms with van der Waals surface area (Å²) in [5.41, 5.74) is 1.93. The third kappa shape index (κ3) is 4.75. The molecule has 8 nitrogen and oxygen atoms in total. The number of likely N-dealkylation sites (tertiary alicyclic amines) is 1. The van der Waals surface area contributed by atoms with Crippen molar-refractivity contribution in [1.29, 1.82) is 0 Å². The van der Waals surface area contributed by atoms with Crippen molar-refractivity contribution in [2.75, 3.05) is 34.3 Å². The number of amides is 1. The highest BCUT2D eigenvalue weighted by Crippen LogP contribution is 2.44. The Hall–Kier alpha value is -3.04. The molecule has 35 heavy (non-hydrogen) atoms. The number of methoxy groups -OCH3 is 1. The number of aliphatic hydroxyl groups excluding tert-OH is 1. The molecule has 2 aliphatic heterocycles. The Morgan fingerprint density at radius 2 is 2.00 bits per heavy atom. The predicted molar refractivity (Wildman–Crippen MR) is 135 cm³/mol. The van der Waals surface area contributed by atoms with Gasteiger partial charge in [0.25, 0.3) is 11.7 Å². The van der Waals surface area contributed by atoms with Gasteiger partial charge in [0.2, 0.25) is 0 Å². The molecular formula is C26H29BrN2O6. The van der Waals surface area contributed by atoms with Crippen LogP contribution in [0.25, 0.3) is 5.76 Å². The second-order valence-electron chi connectivity index (χ2n) is 9.16. The summed E-state index contributed by atoms with van der Waals surface area (Å²) >= 11 is 3.33. The van der Waals surface area contributed by atoms with E-state index in [4.69, 9.17) is 9.47 Å². The fraction of sp³-hybridized carbons (Fsp3) is 0.385. The number of benzene rings is 2. The number of Topliss-reactive ketones (excluding diaryl/α,β-unsaturated/α-hetero) is 1. The molecule has 2 atom stereocenters. The fourth-order valence-electron chi connectivity index (χ4n) is 4.65. The van der Waals surface area contributed by atoms with Gasteiger partial charge in [-0.15, -0.1) is 0 Å². The zero-order valence-corrected chi connectivity index (χ0v) is 21.8. The van der Waals surface area contributed by atoms with Crippen molar-refractivity contribution in [1.82, 2.24) is 9.80 Å². The molecule has 0 aliphatic carbocycles. The van der Waals surface area contributed by atoms with E-state index in [1.54, 1.807) is 30.3 Å². The summed E-state index contributed by atoms with van der Waals surface area (Å²) in [7, 11) is 5.30. The molecule has 186 valence electrons. The van der Waals surface area contributed by atoms with E-state index in [-0.39, 0.29) is 28.9 Å². The number of fused-ring (bicyclic) bond motifs is 1. The lowest BCUT2D eigenvalue weighted by atomic mass is 9.94. The molecule has 2 aliphatic rings. The highest BCUT2D eigenvalue weighted by molar-refractivity contribution is 9.10. The first kappa shape index (κ1) is 25.1. The van der Waals surface area contributed by atoms with Gasteiger partial charge in [0, 0.05) is 18.5 Å². The first-order chi connectivity index (χ1) is 16.6. The average molecular weight is 545 g/mol. The van der Waals surface area contributed by atoms with E-state index in [9.17, 15) is 19.8 Å². The normalized spacial score (nSPS) is 20.9. The zero-order chi connectivity index (χ0) is 25.4. The summed E-state index contributed by atoms with van der Waals surface area (Å²) in [6, 6.07) is 7.65. The topological polar surface area (TPSA) is 99.5 Å². The molecule has 1 amide bonds. The highest BCUT2D eigenvalue weighted by Gasteiger charge is 2.46. The number of phenols is 1. The van der Waals surface area contributed by atoms with Crippen molar-refractivity contribution in [3.8, 4) is 17.2 Å². The molecule has 2 aromatic rings. The Labute approximate surface area is 212 Å². The molecular weight excluding hydrogens is 516 g/mol. The van der Waals surface area contributed by atoms with E-state index in [1.165, 1.54) is 12.0 Å². The molecule has 2 heterocycles. The Morgan fingerprint density at radius 3 is 2.69 bits per heavy atom. The lowest BCUT2D eigenvalue weighted by molar-refractivity contribution is -0.139. The Kier molecular flexibility index (Phi) is 7.10. The van der Waals surface area contributed by atoms with Gasteiger partial charge >= 0.3 is 0 Å². The number of carbonyl (C=O) groups excluding carboxylic acids is 2. The molecule has 1 saturated heterocycles. The Morgan fingerprint density at radius 1 is 1.26 bits per heavy atom. The minimum Gasteiger partial charge on any atom is -0.507 e. The monoisotopic (exact) mass is 544 g/mol. The number of aliphatic hydroxyl groups is 1. The molecule has 0 aromatic heterocycles. The van der Waals surface area contributed by atoms with Gasteiger partial charge < -0.3 is 29.5 Å². The van der Waals surface area contributed by atoms with Gasteiger partial charge in [-0.1, -0.05) is 0 Å². The van der Waals surface area contributed by atoms with Gasteiger partial charge in [0.05, 0.1) is 23.2 Å². The van der Waals surface area contributed by atoms with Crippen LogP contribution < -0.4 is 9.47 Å². The van der Waals surface area contributed by atoms with Crippen LogP contribution in [0.2, 0.25) is 0 Å². The van der Waals surface area contributed by atoms with Gasteiger partial charge in [-0.25, -0.2) is 0 Å². The van der Waals surface area contributed by atoms with E-state index in [0.29, 0.717) is 35.0 Å². The fourth-order valence-corrected chi connectivity index (χ4v) is 5.11. The maximum absolute atomic E-state index is 13.3. The third-order valence-corrected chi connectivity index (χ3v) is 6.90. The second kappa shape index (κ2) is 9.91. The van der Waals surface area contributed by atoms with Crippen LogP contribution in [0.15, 0.2) is 40.4 Å². The van der Waals surface area contributed by atoms with Crippen LogP contribution in [0.3, 0.4) is 0 Å². The first-order valence-corrected chi connectivity index (χ1v) is 12.2. The molecule has 0 saturated carbocycles. The van der Waals surface area contributed by atoms with E-state index in [0.717, 1.165) is 17.9 Å². The molecule has 0 unspecified atom stereocenters. The summed E-state index contributed by atoms with van der Waals surface area (Å²) in [5, 5.41) is 21.7. The first-order valence-electron chi connectivity index (χ1n) is 11.4. The predicted octanol–water partition coefficient (Wildman–Crippen LogP) is 3.86. The molecule has 2 N–H and O–H groups in total. The van der Waals surface area contributed by atoms with Crippen LogP contribution in [0.4, 0.5) is 0 Å². The lowest BCUT2D eigenvalue weighted by Crippen LogP contribution is -2.32. The van der Waals surface area contributed by atoms with Crippen LogP contribution in [0, 0.1) is 0 Å². The maximum atomic E-state index is 13.3. The number of ketones is 1. The van der Waals surface area contributed by atoms with Gasteiger partial charge in [-0.2, -0.15) is 0 Å². The number of phenolic OH excluding ortho intramolecular Hbond substituents is 1. The van der Waals surface area contributed by atoms with Crippen LogP contribution in [-0.2, 0) is 16.0 Å². The van der Waals surface area contributed by atoms with Crippen molar-refractivity contribution in [3.63, 3.8) is 0 Å². The minimum absolute atomic E-state index is 0.00593. The Balaban J connectivity index is 1.84. The molecule has 0 spiro atoms. The molecule has 0 radical (unpaired) electrons. The summed E-state index contributed by atoms with van der Waals surface area (Å²) in [5.74, 6) is -0.802. The largest absolute Gasteiger partial charge is 0.507 e. The number of ether oxygens (including phenoxy) is 2. The van der Waals surface area contributed by atoms with E-state index in [1.807, 2.05) is 25.9 Å². The summed E-state index contributed by atoms with van der Waals surface area (Å²) in [6.45, 7) is 3.01. The van der Waals surface area contributed by atoms with Crippen molar-refractivity contribution < 1.29 is 29.3 Å². The van der Waals surface area contributed by atoms with E-state index < -0.39 is 17.7 Å². The summed E-state index contributed by atoms with van der Waals surface area (Å²) < 4.78 is 11.4. The molecule has 4 rings (SSSR count). The van der Waals surface area contributed by atoms with E-state index in [2.05, 4.69) is 15.9 Å².